The highest BCUT2D eigenvalue weighted by Crippen LogP contribution is 2.33. The molecule has 8 heteroatoms. The summed E-state index contributed by atoms with van der Waals surface area (Å²) in [7, 11) is 0. The summed E-state index contributed by atoms with van der Waals surface area (Å²) in [5, 5.41) is 0. The van der Waals surface area contributed by atoms with Crippen LogP contribution in [0, 0.1) is 0 Å². The minimum atomic E-state index is -0.650. The average molecular weight is 351 g/mol. The second-order valence-corrected chi connectivity index (χ2v) is 5.68. The van der Waals surface area contributed by atoms with Gasteiger partial charge in [-0.05, 0) is 25.0 Å². The SMILES string of the molecule is CCCCOCCOC(=O)CN1C(=O)C(CC)Oc2ccc(N)nc21. The van der Waals surface area contributed by atoms with Crippen LogP contribution in [0.1, 0.15) is 33.1 Å². The molecule has 1 aromatic heterocycles. The minimum absolute atomic E-state index is 0.148. The highest BCUT2D eigenvalue weighted by Gasteiger charge is 2.36. The van der Waals surface area contributed by atoms with Gasteiger partial charge in [0.05, 0.1) is 6.61 Å². The molecule has 2 rings (SSSR count). The molecule has 0 radical (unpaired) electrons. The Morgan fingerprint density at radius 3 is 2.84 bits per heavy atom. The van der Waals surface area contributed by atoms with E-state index >= 15 is 0 Å². The van der Waals surface area contributed by atoms with Crippen molar-refractivity contribution in [3.8, 4) is 5.75 Å². The maximum absolute atomic E-state index is 12.5. The van der Waals surface area contributed by atoms with Crippen LogP contribution in [0.4, 0.5) is 11.6 Å². The van der Waals surface area contributed by atoms with Gasteiger partial charge >= 0.3 is 5.97 Å². The Morgan fingerprint density at radius 1 is 1.32 bits per heavy atom. The third kappa shape index (κ3) is 5.06. The maximum Gasteiger partial charge on any atom is 0.326 e. The molecule has 1 amide bonds. The molecule has 0 aliphatic carbocycles. The number of aromatic nitrogens is 1. The Morgan fingerprint density at radius 2 is 2.12 bits per heavy atom. The molecule has 1 aromatic rings. The summed E-state index contributed by atoms with van der Waals surface area (Å²) in [6.07, 6.45) is 1.86. The third-order valence-corrected chi connectivity index (χ3v) is 3.72. The van der Waals surface area contributed by atoms with Gasteiger partial charge in [0.1, 0.15) is 19.0 Å². The van der Waals surface area contributed by atoms with Crippen molar-refractivity contribution < 1.29 is 23.8 Å². The van der Waals surface area contributed by atoms with Gasteiger partial charge in [-0.25, -0.2) is 4.98 Å². The van der Waals surface area contributed by atoms with Gasteiger partial charge in [0.25, 0.3) is 5.91 Å². The molecule has 2 heterocycles. The van der Waals surface area contributed by atoms with Crippen LogP contribution in [0.25, 0.3) is 0 Å². The van der Waals surface area contributed by atoms with Crippen molar-refractivity contribution >= 4 is 23.5 Å². The Labute approximate surface area is 147 Å². The van der Waals surface area contributed by atoms with E-state index in [0.29, 0.717) is 25.4 Å². The zero-order chi connectivity index (χ0) is 18.2. The Hall–Kier alpha value is -2.35. The van der Waals surface area contributed by atoms with Crippen LogP contribution in [0.15, 0.2) is 12.1 Å². The third-order valence-electron chi connectivity index (χ3n) is 3.72. The number of nitrogen functional groups attached to an aromatic ring is 1. The molecule has 0 fully saturated rings. The van der Waals surface area contributed by atoms with E-state index in [4.69, 9.17) is 19.9 Å². The zero-order valence-electron chi connectivity index (χ0n) is 14.7. The van der Waals surface area contributed by atoms with E-state index in [1.54, 1.807) is 12.1 Å². The lowest BCUT2D eigenvalue weighted by atomic mass is 10.2. The minimum Gasteiger partial charge on any atom is -0.477 e. The summed E-state index contributed by atoms with van der Waals surface area (Å²) in [5.41, 5.74) is 5.69. The highest BCUT2D eigenvalue weighted by atomic mass is 16.6. The molecule has 0 aromatic carbocycles. The van der Waals surface area contributed by atoms with E-state index in [2.05, 4.69) is 11.9 Å². The number of anilines is 2. The van der Waals surface area contributed by atoms with E-state index < -0.39 is 12.1 Å². The largest absolute Gasteiger partial charge is 0.477 e. The second-order valence-electron chi connectivity index (χ2n) is 5.68. The molecule has 1 atom stereocenters. The smallest absolute Gasteiger partial charge is 0.326 e. The van der Waals surface area contributed by atoms with Gasteiger partial charge in [0, 0.05) is 6.61 Å². The fraction of sp³-hybridized carbons (Fsp3) is 0.588. The van der Waals surface area contributed by atoms with Crippen LogP contribution in [0.5, 0.6) is 5.75 Å². The van der Waals surface area contributed by atoms with Gasteiger partial charge in [-0.2, -0.15) is 0 Å². The number of fused-ring (bicyclic) bond motifs is 1. The van der Waals surface area contributed by atoms with E-state index in [1.807, 2.05) is 6.92 Å². The second kappa shape index (κ2) is 9.22. The summed E-state index contributed by atoms with van der Waals surface area (Å²) in [4.78, 5) is 30.0. The molecule has 1 aliphatic heterocycles. The predicted octanol–water partition coefficient (Wildman–Crippen LogP) is 1.53. The van der Waals surface area contributed by atoms with Gasteiger partial charge in [-0.3, -0.25) is 14.5 Å². The number of esters is 1. The average Bonchev–Trinajstić information content (AvgIpc) is 2.60. The topological polar surface area (TPSA) is 104 Å². The Kier molecular flexibility index (Phi) is 7.00. The van der Waals surface area contributed by atoms with Crippen molar-refractivity contribution in [3.05, 3.63) is 12.1 Å². The number of carbonyl (C=O) groups is 2. The number of carbonyl (C=O) groups excluding carboxylic acids is 2. The molecule has 1 aliphatic rings. The standard InChI is InChI=1S/C17H25N3O5/c1-3-5-8-23-9-10-24-15(21)11-20-16-13(6-7-14(18)19-16)25-12(4-2)17(20)22/h6-7,12H,3-5,8-11H2,1-2H3,(H2,18,19). The number of pyridine rings is 1. The molecule has 0 bridgehead atoms. The number of nitrogens with zero attached hydrogens (tertiary/aromatic N) is 2. The quantitative estimate of drug-likeness (QED) is 0.531. The zero-order valence-corrected chi connectivity index (χ0v) is 14.7. The number of amides is 1. The lowest BCUT2D eigenvalue weighted by Gasteiger charge is -2.32. The van der Waals surface area contributed by atoms with E-state index in [-0.39, 0.29) is 30.7 Å². The first-order valence-corrected chi connectivity index (χ1v) is 8.54. The number of nitrogens with two attached hydrogens (primary N) is 1. The van der Waals surface area contributed by atoms with Crippen LogP contribution in [-0.4, -0.2) is 49.3 Å². The maximum atomic E-state index is 12.5. The van der Waals surface area contributed by atoms with Crippen molar-refractivity contribution in [3.63, 3.8) is 0 Å². The van der Waals surface area contributed by atoms with Gasteiger partial charge in [0.2, 0.25) is 0 Å². The van der Waals surface area contributed by atoms with Gasteiger partial charge in [-0.15, -0.1) is 0 Å². The van der Waals surface area contributed by atoms with Crippen LogP contribution in [0.2, 0.25) is 0 Å². The van der Waals surface area contributed by atoms with Crippen LogP contribution >= 0.6 is 0 Å². The molecular formula is C17H25N3O5. The number of ether oxygens (including phenoxy) is 3. The molecule has 25 heavy (non-hydrogen) atoms. The first kappa shape index (κ1) is 19.0. The van der Waals surface area contributed by atoms with Gasteiger partial charge in [-0.1, -0.05) is 20.3 Å². The molecule has 0 saturated heterocycles. The normalized spacial score (nSPS) is 16.3. The predicted molar refractivity (Wildman–Crippen MR) is 92.4 cm³/mol. The molecule has 2 N–H and O–H groups in total. The summed E-state index contributed by atoms with van der Waals surface area (Å²) < 4.78 is 16.1. The number of hydrogen-bond donors (Lipinski definition) is 1. The van der Waals surface area contributed by atoms with Crippen LogP contribution in [0.3, 0.4) is 0 Å². The molecule has 0 saturated carbocycles. The lowest BCUT2D eigenvalue weighted by molar-refractivity contribution is -0.145. The summed E-state index contributed by atoms with van der Waals surface area (Å²) >= 11 is 0. The lowest BCUT2D eigenvalue weighted by Crippen LogP contribution is -2.48. The number of unbranched alkanes of at least 4 members (excludes halogenated alkanes) is 1. The van der Waals surface area contributed by atoms with Crippen molar-refractivity contribution in [2.24, 2.45) is 0 Å². The molecule has 0 spiro atoms. The van der Waals surface area contributed by atoms with E-state index in [9.17, 15) is 9.59 Å². The summed E-state index contributed by atoms with van der Waals surface area (Å²) in [6, 6.07) is 3.23. The van der Waals surface area contributed by atoms with Crippen molar-refractivity contribution in [1.82, 2.24) is 4.98 Å². The van der Waals surface area contributed by atoms with Crippen LogP contribution < -0.4 is 15.4 Å². The van der Waals surface area contributed by atoms with Crippen LogP contribution in [-0.2, 0) is 19.1 Å². The van der Waals surface area contributed by atoms with Gasteiger partial charge in [0.15, 0.2) is 17.7 Å². The van der Waals surface area contributed by atoms with Gasteiger partial charge < -0.3 is 19.9 Å². The van der Waals surface area contributed by atoms with Crippen molar-refractivity contribution in [1.29, 1.82) is 0 Å². The summed E-state index contributed by atoms with van der Waals surface area (Å²) in [6.45, 7) is 4.80. The Bertz CT molecular complexity index is 608. The fourth-order valence-electron chi connectivity index (χ4n) is 2.37. The van der Waals surface area contributed by atoms with Crippen molar-refractivity contribution in [2.45, 2.75) is 39.2 Å². The number of hydrogen-bond acceptors (Lipinski definition) is 7. The number of rotatable bonds is 9. The van der Waals surface area contributed by atoms with E-state index in [0.717, 1.165) is 12.8 Å². The molecule has 1 unspecified atom stereocenters. The van der Waals surface area contributed by atoms with Crippen molar-refractivity contribution in [2.75, 3.05) is 37.0 Å². The fourth-order valence-corrected chi connectivity index (χ4v) is 2.37. The Balaban J connectivity index is 1.96. The molecule has 8 nitrogen and oxygen atoms in total. The first-order valence-electron chi connectivity index (χ1n) is 8.54. The van der Waals surface area contributed by atoms with E-state index in [1.165, 1.54) is 4.90 Å². The summed E-state index contributed by atoms with van der Waals surface area (Å²) in [5.74, 6) is 0.0543. The highest BCUT2D eigenvalue weighted by molar-refractivity contribution is 6.02. The molecule has 138 valence electrons. The molecular weight excluding hydrogens is 326 g/mol. The first-order chi connectivity index (χ1) is 12.1. The monoisotopic (exact) mass is 351 g/mol.